The molecule has 3 rings (SSSR count). The molecule has 5 heteroatoms. The number of hydrogen-bond acceptors (Lipinski definition) is 3. The Labute approximate surface area is 120 Å². The quantitative estimate of drug-likeness (QED) is 0.731. The normalized spacial score (nSPS) is 10.8. The molecule has 1 heterocycles. The van der Waals surface area contributed by atoms with Crippen molar-refractivity contribution < 1.29 is 0 Å². The lowest BCUT2D eigenvalue weighted by atomic mass is 10.1. The third kappa shape index (κ3) is 2.23. The van der Waals surface area contributed by atoms with E-state index in [2.05, 4.69) is 9.97 Å². The van der Waals surface area contributed by atoms with E-state index in [0.717, 1.165) is 11.0 Å². The van der Waals surface area contributed by atoms with Gasteiger partial charge < -0.3 is 5.73 Å². The van der Waals surface area contributed by atoms with Gasteiger partial charge in [0, 0.05) is 10.6 Å². The Bertz CT molecular complexity index is 772. The number of rotatable bonds is 1. The predicted molar refractivity (Wildman–Crippen MR) is 79.4 cm³/mol. The molecule has 0 aliphatic carbocycles. The molecule has 0 bridgehead atoms. The fourth-order valence-corrected chi connectivity index (χ4v) is 2.27. The molecule has 2 aromatic carbocycles. The molecule has 94 valence electrons. The first-order valence-electron chi connectivity index (χ1n) is 5.63. The van der Waals surface area contributed by atoms with Crippen molar-refractivity contribution in [2.24, 2.45) is 0 Å². The molecular formula is C14H9Cl2N3. The van der Waals surface area contributed by atoms with Crippen molar-refractivity contribution in [1.82, 2.24) is 9.97 Å². The number of hydrogen-bond donors (Lipinski definition) is 1. The molecule has 0 radical (unpaired) electrons. The summed E-state index contributed by atoms with van der Waals surface area (Å²) in [6.45, 7) is 0. The summed E-state index contributed by atoms with van der Waals surface area (Å²) in [5.41, 5.74) is 8.71. The SMILES string of the molecule is Nc1nc2ccccc2nc1-c1cc(Cl)ccc1Cl. The third-order valence-electron chi connectivity index (χ3n) is 2.78. The van der Waals surface area contributed by atoms with Gasteiger partial charge in [0.05, 0.1) is 16.1 Å². The summed E-state index contributed by atoms with van der Waals surface area (Å²) in [7, 11) is 0. The highest BCUT2D eigenvalue weighted by Gasteiger charge is 2.12. The molecule has 0 saturated heterocycles. The number of nitrogens with two attached hydrogens (primary N) is 1. The van der Waals surface area contributed by atoms with Crippen molar-refractivity contribution in [3.63, 3.8) is 0 Å². The maximum Gasteiger partial charge on any atom is 0.150 e. The number of para-hydroxylation sites is 2. The Kier molecular flexibility index (Phi) is 3.01. The Morgan fingerprint density at radius 3 is 2.32 bits per heavy atom. The van der Waals surface area contributed by atoms with Gasteiger partial charge in [0.2, 0.25) is 0 Å². The van der Waals surface area contributed by atoms with Crippen LogP contribution in [0.3, 0.4) is 0 Å². The first kappa shape index (κ1) is 12.2. The van der Waals surface area contributed by atoms with Crippen LogP contribution in [0.4, 0.5) is 5.82 Å². The van der Waals surface area contributed by atoms with Crippen LogP contribution >= 0.6 is 23.2 Å². The summed E-state index contributed by atoms with van der Waals surface area (Å²) in [6.07, 6.45) is 0. The minimum absolute atomic E-state index is 0.336. The van der Waals surface area contributed by atoms with Crippen LogP contribution in [0.2, 0.25) is 10.0 Å². The number of benzene rings is 2. The van der Waals surface area contributed by atoms with E-state index in [1.165, 1.54) is 0 Å². The van der Waals surface area contributed by atoms with Crippen molar-refractivity contribution in [2.45, 2.75) is 0 Å². The standard InChI is InChI=1S/C14H9Cl2N3/c15-8-5-6-10(16)9(7-8)13-14(17)19-12-4-2-1-3-11(12)18-13/h1-7H,(H2,17,19). The van der Waals surface area contributed by atoms with Crippen LogP contribution in [0.15, 0.2) is 42.5 Å². The second-order valence-corrected chi connectivity index (χ2v) is 4.91. The van der Waals surface area contributed by atoms with Gasteiger partial charge in [-0.05, 0) is 30.3 Å². The topological polar surface area (TPSA) is 51.8 Å². The van der Waals surface area contributed by atoms with E-state index in [9.17, 15) is 0 Å². The second kappa shape index (κ2) is 4.68. The lowest BCUT2D eigenvalue weighted by Crippen LogP contribution is -1.98. The molecule has 3 nitrogen and oxygen atoms in total. The number of anilines is 1. The molecule has 19 heavy (non-hydrogen) atoms. The summed E-state index contributed by atoms with van der Waals surface area (Å²) >= 11 is 12.2. The molecule has 2 N–H and O–H groups in total. The molecule has 0 unspecified atom stereocenters. The Morgan fingerprint density at radius 1 is 0.895 bits per heavy atom. The minimum Gasteiger partial charge on any atom is -0.382 e. The largest absolute Gasteiger partial charge is 0.382 e. The van der Waals surface area contributed by atoms with Crippen LogP contribution in [-0.4, -0.2) is 9.97 Å². The fourth-order valence-electron chi connectivity index (χ4n) is 1.89. The molecule has 0 fully saturated rings. The monoisotopic (exact) mass is 289 g/mol. The summed E-state index contributed by atoms with van der Waals surface area (Å²) in [4.78, 5) is 8.85. The fraction of sp³-hybridized carbons (Fsp3) is 0. The zero-order valence-corrected chi connectivity index (χ0v) is 11.3. The number of nitrogens with zero attached hydrogens (tertiary/aromatic N) is 2. The molecule has 0 aliphatic rings. The maximum absolute atomic E-state index is 6.17. The van der Waals surface area contributed by atoms with Gasteiger partial charge in [0.15, 0.2) is 5.82 Å². The molecule has 0 amide bonds. The van der Waals surface area contributed by atoms with Crippen LogP contribution < -0.4 is 5.73 Å². The molecule has 1 aromatic heterocycles. The lowest BCUT2D eigenvalue weighted by molar-refractivity contribution is 1.30. The van der Waals surface area contributed by atoms with Crippen molar-refractivity contribution in [1.29, 1.82) is 0 Å². The summed E-state index contributed by atoms with van der Waals surface area (Å²) in [5.74, 6) is 0.336. The third-order valence-corrected chi connectivity index (χ3v) is 3.35. The highest BCUT2D eigenvalue weighted by molar-refractivity contribution is 6.35. The van der Waals surface area contributed by atoms with E-state index in [0.29, 0.717) is 27.1 Å². The molecule has 0 spiro atoms. The Morgan fingerprint density at radius 2 is 1.58 bits per heavy atom. The lowest BCUT2D eigenvalue weighted by Gasteiger charge is -2.08. The van der Waals surface area contributed by atoms with E-state index >= 15 is 0 Å². The van der Waals surface area contributed by atoms with Gasteiger partial charge in [-0.15, -0.1) is 0 Å². The molecule has 0 aliphatic heterocycles. The molecule has 0 atom stereocenters. The van der Waals surface area contributed by atoms with Gasteiger partial charge in [0.25, 0.3) is 0 Å². The van der Waals surface area contributed by atoms with Crippen molar-refractivity contribution in [3.05, 3.63) is 52.5 Å². The van der Waals surface area contributed by atoms with E-state index in [-0.39, 0.29) is 0 Å². The molecular weight excluding hydrogens is 281 g/mol. The summed E-state index contributed by atoms with van der Waals surface area (Å²) < 4.78 is 0. The van der Waals surface area contributed by atoms with Crippen LogP contribution in [0.5, 0.6) is 0 Å². The first-order chi connectivity index (χ1) is 9.15. The van der Waals surface area contributed by atoms with Gasteiger partial charge in [-0.25, -0.2) is 9.97 Å². The average Bonchev–Trinajstić information content (AvgIpc) is 2.41. The Hall–Kier alpha value is -1.84. The van der Waals surface area contributed by atoms with Crippen LogP contribution in [-0.2, 0) is 0 Å². The predicted octanol–water partition coefficient (Wildman–Crippen LogP) is 4.19. The van der Waals surface area contributed by atoms with E-state index in [1.54, 1.807) is 18.2 Å². The van der Waals surface area contributed by atoms with Gasteiger partial charge in [0.1, 0.15) is 5.69 Å². The smallest absolute Gasteiger partial charge is 0.150 e. The van der Waals surface area contributed by atoms with Gasteiger partial charge in [-0.1, -0.05) is 35.3 Å². The van der Waals surface area contributed by atoms with E-state index in [4.69, 9.17) is 28.9 Å². The van der Waals surface area contributed by atoms with Crippen molar-refractivity contribution >= 4 is 40.1 Å². The maximum atomic E-state index is 6.17. The second-order valence-electron chi connectivity index (χ2n) is 4.07. The zero-order valence-electron chi connectivity index (χ0n) is 9.77. The number of nitrogen functional groups attached to an aromatic ring is 1. The van der Waals surface area contributed by atoms with Crippen LogP contribution in [0.1, 0.15) is 0 Å². The van der Waals surface area contributed by atoms with Crippen LogP contribution in [0, 0.1) is 0 Å². The highest BCUT2D eigenvalue weighted by atomic mass is 35.5. The van der Waals surface area contributed by atoms with Gasteiger partial charge >= 0.3 is 0 Å². The van der Waals surface area contributed by atoms with E-state index in [1.807, 2.05) is 24.3 Å². The first-order valence-corrected chi connectivity index (χ1v) is 6.38. The van der Waals surface area contributed by atoms with Gasteiger partial charge in [-0.2, -0.15) is 0 Å². The Balaban J connectivity index is 2.30. The summed E-state index contributed by atoms with van der Waals surface area (Å²) in [6, 6.07) is 12.7. The number of fused-ring (bicyclic) bond motifs is 1. The van der Waals surface area contributed by atoms with Crippen LogP contribution in [0.25, 0.3) is 22.3 Å². The minimum atomic E-state index is 0.336. The number of aromatic nitrogens is 2. The highest BCUT2D eigenvalue weighted by Crippen LogP contribution is 2.32. The zero-order chi connectivity index (χ0) is 13.4. The molecule has 3 aromatic rings. The van der Waals surface area contributed by atoms with Crippen molar-refractivity contribution in [2.75, 3.05) is 5.73 Å². The van der Waals surface area contributed by atoms with Crippen molar-refractivity contribution in [3.8, 4) is 11.3 Å². The average molecular weight is 290 g/mol. The summed E-state index contributed by atoms with van der Waals surface area (Å²) in [5, 5.41) is 1.12. The number of halogens is 2. The molecule has 0 saturated carbocycles. The van der Waals surface area contributed by atoms with Gasteiger partial charge in [-0.3, -0.25) is 0 Å². The van der Waals surface area contributed by atoms with E-state index < -0.39 is 0 Å².